The van der Waals surface area contributed by atoms with Gasteiger partial charge in [0, 0.05) is 45.3 Å². The molecule has 0 unspecified atom stereocenters. The van der Waals surface area contributed by atoms with Crippen LogP contribution >= 0.6 is 0 Å². The van der Waals surface area contributed by atoms with E-state index in [4.69, 9.17) is 9.84 Å². The van der Waals surface area contributed by atoms with Crippen molar-refractivity contribution in [1.29, 1.82) is 0 Å². The van der Waals surface area contributed by atoms with Gasteiger partial charge >= 0.3 is 5.97 Å². The number of carboxylic acid groups (broad SMARTS) is 1. The molecule has 0 bridgehead atoms. The van der Waals surface area contributed by atoms with Gasteiger partial charge in [-0.25, -0.2) is 4.79 Å². The lowest BCUT2D eigenvalue weighted by molar-refractivity contribution is 0.0697. The minimum Gasteiger partial charge on any atom is -0.496 e. The van der Waals surface area contributed by atoms with Crippen molar-refractivity contribution >= 4 is 17.9 Å². The molecule has 7 nitrogen and oxygen atoms in total. The first-order valence-electron chi connectivity index (χ1n) is 15.2. The van der Waals surface area contributed by atoms with E-state index >= 15 is 0 Å². The van der Waals surface area contributed by atoms with Gasteiger partial charge in [-0.2, -0.15) is 0 Å². The third-order valence-electron chi connectivity index (χ3n) is 6.70. The number of unbranched alkanes of at least 4 members (excludes halogenated alkanes) is 1. The summed E-state index contributed by atoms with van der Waals surface area (Å²) < 4.78 is 5.78. The quantitative estimate of drug-likeness (QED) is 0.225. The Bertz CT molecular complexity index is 1090. The summed E-state index contributed by atoms with van der Waals surface area (Å²) in [6.45, 7) is 24.2. The van der Waals surface area contributed by atoms with E-state index in [9.17, 15) is 4.79 Å². The van der Waals surface area contributed by atoms with Crippen LogP contribution in [0, 0.1) is 13.8 Å². The number of hydrogen-bond donors (Lipinski definition) is 2. The maximum Gasteiger partial charge on any atom is 0.335 e. The number of aromatic carboxylic acids is 1. The maximum atomic E-state index is 10.2. The summed E-state index contributed by atoms with van der Waals surface area (Å²) in [7, 11) is 3.60. The summed E-state index contributed by atoms with van der Waals surface area (Å²) in [5, 5.41) is 11.5. The van der Waals surface area contributed by atoms with E-state index in [1.165, 1.54) is 28.7 Å². The molecule has 3 rings (SSSR count). The fourth-order valence-electron chi connectivity index (χ4n) is 4.32. The number of nitrogens with zero attached hydrogens (tertiary/aromatic N) is 3. The van der Waals surface area contributed by atoms with Crippen LogP contribution in [-0.4, -0.2) is 73.6 Å². The number of carbonyl (C=O) groups is 1. The van der Waals surface area contributed by atoms with Gasteiger partial charge in [-0.15, -0.1) is 0 Å². The van der Waals surface area contributed by atoms with E-state index in [1.54, 1.807) is 43.6 Å². The minimum atomic E-state index is -0.879. The van der Waals surface area contributed by atoms with Crippen LogP contribution in [0.2, 0.25) is 0 Å². The Morgan fingerprint density at radius 2 is 1.67 bits per heavy atom. The second kappa shape index (κ2) is 23.2. The summed E-state index contributed by atoms with van der Waals surface area (Å²) in [6, 6.07) is 10.5. The number of nitrogens with one attached hydrogen (secondary N) is 1. The number of hydrogen-bond acceptors (Lipinski definition) is 5. The standard InChI is InChI=1S/C24H38N4O.C7H6O2.2C2H6/c1-7-9-10-11-21-20(4)19(3)16-23(29-6)22(21)17-27-12-14-28(15-13-27)18-24(25-5)26-8-2;8-7(9)6-4-2-1-3-5-6;2*1-2/h8,10-11,16H,2,7,9,12-15,17-18H2,1,3-6H3,(H,25,26);1-5H,(H,8,9);2*1-2H3/b11-10-;;;. The van der Waals surface area contributed by atoms with Gasteiger partial charge in [0.05, 0.1) is 19.2 Å². The van der Waals surface area contributed by atoms with Gasteiger partial charge in [0.25, 0.3) is 0 Å². The molecular formula is C35H56N4O3. The zero-order chi connectivity index (χ0) is 31.9. The molecule has 7 heteroatoms. The first kappa shape index (κ1) is 38.6. The van der Waals surface area contributed by atoms with Gasteiger partial charge in [0.2, 0.25) is 0 Å². The highest BCUT2D eigenvalue weighted by molar-refractivity contribution is 5.87. The smallest absolute Gasteiger partial charge is 0.335 e. The molecule has 0 radical (unpaired) electrons. The highest BCUT2D eigenvalue weighted by Crippen LogP contribution is 2.31. The molecule has 2 aromatic carbocycles. The summed E-state index contributed by atoms with van der Waals surface area (Å²) in [4.78, 5) is 19.5. The molecule has 234 valence electrons. The van der Waals surface area contributed by atoms with E-state index in [1.807, 2.05) is 34.7 Å². The third-order valence-corrected chi connectivity index (χ3v) is 6.70. The molecule has 2 aromatic rings. The molecule has 0 aromatic heterocycles. The average Bonchev–Trinajstić information content (AvgIpc) is 3.03. The van der Waals surface area contributed by atoms with Gasteiger partial charge in [0.15, 0.2) is 0 Å². The molecule has 0 spiro atoms. The Kier molecular flexibility index (Phi) is 21.3. The number of amidine groups is 1. The number of methoxy groups -OCH3 is 1. The Morgan fingerprint density at radius 3 is 2.14 bits per heavy atom. The highest BCUT2D eigenvalue weighted by Gasteiger charge is 2.21. The largest absolute Gasteiger partial charge is 0.496 e. The fraction of sp³-hybridized carbons (Fsp3) is 0.486. The Hall–Kier alpha value is -3.42. The van der Waals surface area contributed by atoms with E-state index in [-0.39, 0.29) is 0 Å². The molecule has 42 heavy (non-hydrogen) atoms. The second-order valence-corrected chi connectivity index (χ2v) is 9.35. The second-order valence-electron chi connectivity index (χ2n) is 9.35. The molecule has 1 heterocycles. The van der Waals surface area contributed by atoms with Crippen LogP contribution in [0.5, 0.6) is 5.75 Å². The summed E-state index contributed by atoms with van der Waals surface area (Å²) in [5.74, 6) is 1.09. The molecule has 0 aliphatic carbocycles. The van der Waals surface area contributed by atoms with Gasteiger partial charge in [-0.3, -0.25) is 14.8 Å². The lowest BCUT2D eigenvalue weighted by Crippen LogP contribution is -2.48. The average molecular weight is 581 g/mol. The predicted molar refractivity (Wildman–Crippen MR) is 181 cm³/mol. The minimum absolute atomic E-state index is 0.331. The normalized spacial score (nSPS) is 13.5. The van der Waals surface area contributed by atoms with Crippen molar-refractivity contribution in [3.63, 3.8) is 0 Å². The van der Waals surface area contributed by atoms with E-state index < -0.39 is 5.97 Å². The lowest BCUT2D eigenvalue weighted by Gasteiger charge is -2.35. The summed E-state index contributed by atoms with van der Waals surface area (Å²) in [6.07, 6.45) is 8.55. The van der Waals surface area contributed by atoms with Crippen molar-refractivity contribution in [1.82, 2.24) is 15.1 Å². The number of benzene rings is 2. The molecule has 0 saturated carbocycles. The predicted octanol–water partition coefficient (Wildman–Crippen LogP) is 7.44. The summed E-state index contributed by atoms with van der Waals surface area (Å²) >= 11 is 0. The molecule has 1 fully saturated rings. The van der Waals surface area contributed by atoms with Crippen LogP contribution in [0.3, 0.4) is 0 Å². The topological polar surface area (TPSA) is 77.4 Å². The number of rotatable bonds is 10. The molecule has 1 aliphatic rings. The zero-order valence-electron chi connectivity index (χ0n) is 27.7. The van der Waals surface area contributed by atoms with Crippen molar-refractivity contribution in [2.45, 2.75) is 67.9 Å². The number of aliphatic imine (C=N–C) groups is 1. The molecule has 0 atom stereocenters. The van der Waals surface area contributed by atoms with E-state index in [0.29, 0.717) is 5.56 Å². The Labute approximate surface area is 256 Å². The molecule has 1 aliphatic heterocycles. The Balaban J connectivity index is 0.00000108. The number of aryl methyl sites for hydroxylation is 1. The van der Waals surface area contributed by atoms with Crippen LogP contribution in [0.15, 0.2) is 60.2 Å². The van der Waals surface area contributed by atoms with Crippen LogP contribution in [0.25, 0.3) is 6.08 Å². The van der Waals surface area contributed by atoms with Crippen molar-refractivity contribution in [2.24, 2.45) is 4.99 Å². The van der Waals surface area contributed by atoms with Crippen LogP contribution in [0.4, 0.5) is 0 Å². The lowest BCUT2D eigenvalue weighted by atomic mass is 9.95. The summed E-state index contributed by atoms with van der Waals surface area (Å²) in [5.41, 5.74) is 5.60. The van der Waals surface area contributed by atoms with Crippen molar-refractivity contribution < 1.29 is 14.6 Å². The van der Waals surface area contributed by atoms with E-state index in [0.717, 1.165) is 57.3 Å². The van der Waals surface area contributed by atoms with Crippen LogP contribution in [-0.2, 0) is 6.54 Å². The van der Waals surface area contributed by atoms with Crippen molar-refractivity contribution in [3.8, 4) is 5.75 Å². The molecule has 0 amide bonds. The number of carboxylic acids is 1. The first-order valence-corrected chi connectivity index (χ1v) is 15.2. The van der Waals surface area contributed by atoms with Gasteiger partial charge < -0.3 is 15.2 Å². The third kappa shape index (κ3) is 13.5. The number of piperazine rings is 1. The van der Waals surface area contributed by atoms with Gasteiger partial charge in [-0.1, -0.05) is 78.0 Å². The Morgan fingerprint density at radius 1 is 1.07 bits per heavy atom. The van der Waals surface area contributed by atoms with Gasteiger partial charge in [0.1, 0.15) is 11.6 Å². The zero-order valence-corrected chi connectivity index (χ0v) is 27.7. The van der Waals surface area contributed by atoms with Crippen molar-refractivity contribution in [2.75, 3.05) is 46.9 Å². The monoisotopic (exact) mass is 580 g/mol. The number of allylic oxidation sites excluding steroid dienone is 1. The van der Waals surface area contributed by atoms with Crippen LogP contribution < -0.4 is 10.1 Å². The van der Waals surface area contributed by atoms with Crippen molar-refractivity contribution in [3.05, 3.63) is 83.1 Å². The molecule has 2 N–H and O–H groups in total. The SMILES string of the molecule is C=CNC(CN1CCN(Cc2c(OC)cc(C)c(C)c2/C=C\CCC)CC1)=NC.CC.CC.O=C(O)c1ccccc1. The maximum absolute atomic E-state index is 10.2. The van der Waals surface area contributed by atoms with E-state index in [2.05, 4.69) is 65.7 Å². The molecule has 1 saturated heterocycles. The fourth-order valence-corrected chi connectivity index (χ4v) is 4.32. The number of ether oxygens (including phenoxy) is 1. The van der Waals surface area contributed by atoms with Crippen LogP contribution in [0.1, 0.15) is 80.1 Å². The molecular weight excluding hydrogens is 524 g/mol. The highest BCUT2D eigenvalue weighted by atomic mass is 16.5. The van der Waals surface area contributed by atoms with Gasteiger partial charge in [-0.05, 0) is 61.4 Å². The first-order chi connectivity index (χ1) is 20.3.